The predicted octanol–water partition coefficient (Wildman–Crippen LogP) is 3.55. The normalized spacial score (nSPS) is 20.3. The zero-order valence-electron chi connectivity index (χ0n) is 18.2. The van der Waals surface area contributed by atoms with Crippen LogP contribution in [0.3, 0.4) is 0 Å². The minimum absolute atomic E-state index is 0.00000280. The van der Waals surface area contributed by atoms with Crippen LogP contribution >= 0.6 is 11.3 Å². The van der Waals surface area contributed by atoms with E-state index in [9.17, 15) is 22.8 Å². The highest BCUT2D eigenvalue weighted by molar-refractivity contribution is 7.17. The van der Waals surface area contributed by atoms with E-state index in [0.29, 0.717) is 32.5 Å². The van der Waals surface area contributed by atoms with Gasteiger partial charge >= 0.3 is 12.3 Å². The van der Waals surface area contributed by atoms with Crippen molar-refractivity contribution in [2.24, 2.45) is 0 Å². The van der Waals surface area contributed by atoms with Crippen molar-refractivity contribution >= 4 is 39.4 Å². The SMILES string of the molecule is CNC(=O)c1csc2c(C(F)(F)F)cc(N3CCC(OC(=O)N[C@H](C)[C@@H]4CCO4)CC3)nc12. The van der Waals surface area contributed by atoms with Crippen molar-refractivity contribution in [2.75, 3.05) is 31.6 Å². The lowest BCUT2D eigenvalue weighted by Crippen LogP contribution is -2.48. The molecule has 2 N–H and O–H groups in total. The number of ether oxygens (including phenoxy) is 2. The lowest BCUT2D eigenvalue weighted by Gasteiger charge is -2.34. The maximum absolute atomic E-state index is 13.7. The molecule has 2 amide bonds. The number of alkyl halides is 3. The van der Waals surface area contributed by atoms with Gasteiger partial charge in [0.25, 0.3) is 5.91 Å². The Hall–Kier alpha value is -2.60. The number of carbonyl (C=O) groups is 2. The number of anilines is 1. The Labute approximate surface area is 192 Å². The third kappa shape index (κ3) is 5.01. The Morgan fingerprint density at radius 3 is 2.58 bits per heavy atom. The Bertz CT molecular complexity index is 1030. The lowest BCUT2D eigenvalue weighted by atomic mass is 10.1. The van der Waals surface area contributed by atoms with Gasteiger partial charge in [-0.3, -0.25) is 4.79 Å². The largest absolute Gasteiger partial charge is 0.446 e. The summed E-state index contributed by atoms with van der Waals surface area (Å²) in [5.74, 6) is -0.337. The molecule has 0 aromatic carbocycles. The molecule has 2 aromatic heterocycles. The number of nitrogens with zero attached hydrogens (tertiary/aromatic N) is 2. The van der Waals surface area contributed by atoms with Gasteiger partial charge in [0.15, 0.2) is 0 Å². The van der Waals surface area contributed by atoms with Crippen LogP contribution in [0, 0.1) is 0 Å². The maximum Gasteiger partial charge on any atom is 0.417 e. The number of aromatic nitrogens is 1. The molecule has 180 valence electrons. The average Bonchev–Trinajstić information content (AvgIpc) is 3.14. The number of carbonyl (C=O) groups excluding carboxylic acids is 2. The Kier molecular flexibility index (Phi) is 6.66. The van der Waals surface area contributed by atoms with Crippen molar-refractivity contribution in [1.29, 1.82) is 0 Å². The number of amides is 2. The van der Waals surface area contributed by atoms with Crippen molar-refractivity contribution in [1.82, 2.24) is 15.6 Å². The molecule has 0 aliphatic carbocycles. The minimum Gasteiger partial charge on any atom is -0.446 e. The van der Waals surface area contributed by atoms with E-state index in [1.165, 1.54) is 12.4 Å². The van der Waals surface area contributed by atoms with Crippen molar-refractivity contribution in [3.05, 3.63) is 22.6 Å². The van der Waals surface area contributed by atoms with Gasteiger partial charge in [-0.1, -0.05) is 0 Å². The van der Waals surface area contributed by atoms with Crippen LogP contribution in [0.2, 0.25) is 0 Å². The molecule has 2 fully saturated rings. The number of piperidine rings is 1. The van der Waals surface area contributed by atoms with E-state index in [4.69, 9.17) is 9.47 Å². The number of halogens is 3. The standard InChI is InChI=1S/C21H25F3N4O4S/c1-11(15-5-8-31-15)26-20(30)32-12-3-6-28(7-4-12)16-9-14(21(22,23)24)18-17(27-16)13(10-33-18)19(29)25-2/h9-12,15H,3-8H2,1-2H3,(H,25,29)(H,26,30)/t11-,15+/m1/s1. The molecule has 0 saturated carbocycles. The Morgan fingerprint density at radius 1 is 1.30 bits per heavy atom. The van der Waals surface area contributed by atoms with Crippen LogP contribution in [-0.4, -0.2) is 62.0 Å². The molecule has 4 heterocycles. The molecule has 0 radical (unpaired) electrons. The monoisotopic (exact) mass is 486 g/mol. The first-order valence-corrected chi connectivity index (χ1v) is 11.6. The predicted molar refractivity (Wildman–Crippen MR) is 117 cm³/mol. The zero-order chi connectivity index (χ0) is 23.8. The fourth-order valence-corrected chi connectivity index (χ4v) is 5.00. The second-order valence-corrected chi connectivity index (χ2v) is 9.03. The van der Waals surface area contributed by atoms with Gasteiger partial charge < -0.3 is 25.0 Å². The van der Waals surface area contributed by atoms with Gasteiger partial charge in [-0.25, -0.2) is 9.78 Å². The summed E-state index contributed by atoms with van der Waals surface area (Å²) in [7, 11) is 1.42. The van der Waals surface area contributed by atoms with Gasteiger partial charge in [-0.05, 0) is 19.4 Å². The summed E-state index contributed by atoms with van der Waals surface area (Å²) in [6.45, 7) is 3.28. The summed E-state index contributed by atoms with van der Waals surface area (Å²) in [5.41, 5.74) is -0.661. The number of alkyl carbamates (subject to hydrolysis) is 1. The van der Waals surface area contributed by atoms with Crippen LogP contribution in [-0.2, 0) is 15.7 Å². The number of hydrogen-bond donors (Lipinski definition) is 2. The molecule has 2 aromatic rings. The summed E-state index contributed by atoms with van der Waals surface area (Å²) in [6, 6.07) is 0.879. The number of rotatable bonds is 5. The van der Waals surface area contributed by atoms with E-state index in [-0.39, 0.29) is 39.8 Å². The number of fused-ring (bicyclic) bond motifs is 1. The molecule has 0 bridgehead atoms. The van der Waals surface area contributed by atoms with Gasteiger partial charge in [-0.2, -0.15) is 13.2 Å². The Balaban J connectivity index is 1.46. The van der Waals surface area contributed by atoms with Gasteiger partial charge in [0.2, 0.25) is 0 Å². The average molecular weight is 487 g/mol. The zero-order valence-corrected chi connectivity index (χ0v) is 19.0. The van der Waals surface area contributed by atoms with Crippen molar-refractivity contribution in [3.8, 4) is 0 Å². The summed E-state index contributed by atoms with van der Waals surface area (Å²) >= 11 is 0.851. The highest BCUT2D eigenvalue weighted by Gasteiger charge is 2.36. The molecule has 0 unspecified atom stereocenters. The fraction of sp³-hybridized carbons (Fsp3) is 0.571. The summed E-state index contributed by atoms with van der Waals surface area (Å²) in [5, 5.41) is 6.59. The molecule has 2 aliphatic rings. The van der Waals surface area contributed by atoms with Crippen molar-refractivity contribution < 1.29 is 32.2 Å². The second-order valence-electron chi connectivity index (χ2n) is 8.15. The maximum atomic E-state index is 13.7. The summed E-state index contributed by atoms with van der Waals surface area (Å²) in [4.78, 5) is 30.4. The molecule has 2 aliphatic heterocycles. The number of hydrogen-bond acceptors (Lipinski definition) is 7. The molecular formula is C21H25F3N4O4S. The van der Waals surface area contributed by atoms with Crippen LogP contribution in [0.1, 0.15) is 42.1 Å². The number of thiophene rings is 1. The van der Waals surface area contributed by atoms with Crippen LogP contribution in [0.25, 0.3) is 10.2 Å². The van der Waals surface area contributed by atoms with E-state index in [0.717, 1.165) is 23.8 Å². The Morgan fingerprint density at radius 2 is 2.00 bits per heavy atom. The quantitative estimate of drug-likeness (QED) is 0.672. The molecule has 0 spiro atoms. The first-order valence-electron chi connectivity index (χ1n) is 10.7. The van der Waals surface area contributed by atoms with E-state index in [1.807, 2.05) is 6.92 Å². The van der Waals surface area contributed by atoms with Crippen LogP contribution in [0.4, 0.5) is 23.8 Å². The van der Waals surface area contributed by atoms with Crippen molar-refractivity contribution in [3.63, 3.8) is 0 Å². The molecule has 8 nitrogen and oxygen atoms in total. The first-order chi connectivity index (χ1) is 15.7. The lowest BCUT2D eigenvalue weighted by molar-refractivity contribution is -0.136. The smallest absolute Gasteiger partial charge is 0.417 e. The molecule has 4 rings (SSSR count). The van der Waals surface area contributed by atoms with Gasteiger partial charge in [0.05, 0.1) is 33.5 Å². The van der Waals surface area contributed by atoms with E-state index in [1.54, 1.807) is 4.90 Å². The minimum atomic E-state index is -4.58. The summed E-state index contributed by atoms with van der Waals surface area (Å²) < 4.78 is 52.0. The topological polar surface area (TPSA) is 92.8 Å². The fourth-order valence-electron chi connectivity index (χ4n) is 3.98. The van der Waals surface area contributed by atoms with Gasteiger partial charge in [0.1, 0.15) is 11.9 Å². The highest BCUT2D eigenvalue weighted by atomic mass is 32.1. The van der Waals surface area contributed by atoms with E-state index >= 15 is 0 Å². The van der Waals surface area contributed by atoms with E-state index in [2.05, 4.69) is 15.6 Å². The third-order valence-electron chi connectivity index (χ3n) is 5.96. The third-order valence-corrected chi connectivity index (χ3v) is 6.97. The van der Waals surface area contributed by atoms with E-state index < -0.39 is 23.7 Å². The van der Waals surface area contributed by atoms with Crippen LogP contribution < -0.4 is 15.5 Å². The molecule has 12 heteroatoms. The second kappa shape index (κ2) is 9.34. The van der Waals surface area contributed by atoms with Gasteiger partial charge in [-0.15, -0.1) is 11.3 Å². The molecule has 2 saturated heterocycles. The molecule has 2 atom stereocenters. The number of nitrogens with one attached hydrogen (secondary N) is 2. The van der Waals surface area contributed by atoms with Crippen LogP contribution in [0.15, 0.2) is 11.4 Å². The molecular weight excluding hydrogens is 461 g/mol. The molecule has 33 heavy (non-hydrogen) atoms. The van der Waals surface area contributed by atoms with Crippen molar-refractivity contribution in [2.45, 2.75) is 50.6 Å². The van der Waals surface area contributed by atoms with Crippen LogP contribution in [0.5, 0.6) is 0 Å². The van der Waals surface area contributed by atoms with Gasteiger partial charge in [0, 0.05) is 45.0 Å². The summed E-state index contributed by atoms with van der Waals surface area (Å²) in [6.07, 6.45) is -3.65. The number of pyridine rings is 1. The highest BCUT2D eigenvalue weighted by Crippen LogP contribution is 2.40. The first kappa shape index (κ1) is 23.6.